The van der Waals surface area contributed by atoms with Crippen LogP contribution in [0.5, 0.6) is 0 Å². The lowest BCUT2D eigenvalue weighted by Gasteiger charge is -1.89. The summed E-state index contributed by atoms with van der Waals surface area (Å²) in [4.78, 5) is 3.77. The van der Waals surface area contributed by atoms with Gasteiger partial charge in [-0.2, -0.15) is 0 Å². The molecule has 1 nitrogen and oxygen atoms in total. The second-order valence-electron chi connectivity index (χ2n) is 1.90. The van der Waals surface area contributed by atoms with Crippen molar-refractivity contribution in [1.82, 2.24) is 0 Å². The highest BCUT2D eigenvalue weighted by molar-refractivity contribution is 6.29. The zero-order chi connectivity index (χ0) is 6.57. The zero-order valence-corrected chi connectivity index (χ0v) is 5.94. The lowest BCUT2D eigenvalue weighted by atomic mass is 10.3. The molecule has 0 aromatic rings. The van der Waals surface area contributed by atoms with Crippen molar-refractivity contribution in [3.63, 3.8) is 0 Å². The summed E-state index contributed by atoms with van der Waals surface area (Å²) in [6.45, 7) is 7.46. The Hall–Kier alpha value is -0.300. The van der Waals surface area contributed by atoms with Gasteiger partial charge in [0.15, 0.2) is 0 Å². The SMILES string of the molecule is C=C(Cl)N=CC(C)C. The molecule has 0 heterocycles. The van der Waals surface area contributed by atoms with Gasteiger partial charge in [0.05, 0.1) is 0 Å². The molecule has 0 aliphatic carbocycles. The molecule has 0 aromatic carbocycles. The van der Waals surface area contributed by atoms with E-state index in [1.54, 1.807) is 6.21 Å². The third-order valence-electron chi connectivity index (χ3n) is 0.513. The molecule has 2 heteroatoms. The van der Waals surface area contributed by atoms with Crippen molar-refractivity contribution in [2.24, 2.45) is 10.9 Å². The summed E-state index contributed by atoms with van der Waals surface area (Å²) in [5, 5.41) is 0.346. The normalized spacial score (nSPS) is 11.0. The molecule has 0 saturated carbocycles. The smallest absolute Gasteiger partial charge is 0.121 e. The summed E-state index contributed by atoms with van der Waals surface area (Å²) in [5.41, 5.74) is 0. The molecule has 0 fully saturated rings. The van der Waals surface area contributed by atoms with Gasteiger partial charge in [0.2, 0.25) is 0 Å². The lowest BCUT2D eigenvalue weighted by Crippen LogP contribution is -1.85. The first-order chi connectivity index (χ1) is 3.63. The predicted octanol–water partition coefficient (Wildman–Crippen LogP) is 2.42. The molecule has 0 bridgehead atoms. The van der Waals surface area contributed by atoms with Crippen LogP contribution in [0.4, 0.5) is 0 Å². The summed E-state index contributed by atoms with van der Waals surface area (Å²) in [6, 6.07) is 0. The van der Waals surface area contributed by atoms with E-state index in [1.807, 2.05) is 13.8 Å². The van der Waals surface area contributed by atoms with Crippen molar-refractivity contribution in [2.45, 2.75) is 13.8 Å². The van der Waals surface area contributed by atoms with Gasteiger partial charge in [-0.1, -0.05) is 32.0 Å². The quantitative estimate of drug-likeness (QED) is 0.403. The molecule has 0 aliphatic heterocycles. The Morgan fingerprint density at radius 2 is 2.25 bits per heavy atom. The standard InChI is InChI=1S/C6H10ClN/c1-5(2)4-8-6(3)7/h4-5H,3H2,1-2H3. The Morgan fingerprint density at radius 1 is 1.75 bits per heavy atom. The van der Waals surface area contributed by atoms with E-state index in [0.717, 1.165) is 0 Å². The Bertz CT molecular complexity index is 105. The van der Waals surface area contributed by atoms with Crippen LogP contribution in [0.2, 0.25) is 0 Å². The number of nitrogens with zero attached hydrogens (tertiary/aromatic N) is 1. The topological polar surface area (TPSA) is 12.4 Å². The molecule has 0 amide bonds. The van der Waals surface area contributed by atoms with Crippen LogP contribution in [0.25, 0.3) is 0 Å². The van der Waals surface area contributed by atoms with Crippen molar-refractivity contribution >= 4 is 17.8 Å². The summed E-state index contributed by atoms with van der Waals surface area (Å²) >= 11 is 5.33. The molecule has 0 aromatic heterocycles. The maximum atomic E-state index is 5.33. The van der Waals surface area contributed by atoms with E-state index in [0.29, 0.717) is 11.1 Å². The van der Waals surface area contributed by atoms with Crippen LogP contribution in [0.1, 0.15) is 13.8 Å². The van der Waals surface area contributed by atoms with Crippen LogP contribution >= 0.6 is 11.6 Å². The van der Waals surface area contributed by atoms with Crippen LogP contribution in [0.15, 0.2) is 16.7 Å². The molecule has 0 unspecified atom stereocenters. The molecule has 8 heavy (non-hydrogen) atoms. The van der Waals surface area contributed by atoms with Crippen molar-refractivity contribution in [2.75, 3.05) is 0 Å². The maximum absolute atomic E-state index is 5.33. The fourth-order valence-corrected chi connectivity index (χ4v) is 0.286. The van der Waals surface area contributed by atoms with Gasteiger partial charge in [-0.25, -0.2) is 4.99 Å². The Labute approximate surface area is 55.1 Å². The van der Waals surface area contributed by atoms with E-state index in [4.69, 9.17) is 11.6 Å². The highest BCUT2D eigenvalue weighted by Crippen LogP contribution is 1.97. The van der Waals surface area contributed by atoms with Gasteiger partial charge in [-0.15, -0.1) is 0 Å². The molecule has 46 valence electrons. The third kappa shape index (κ3) is 5.70. The summed E-state index contributed by atoms with van der Waals surface area (Å²) in [5.74, 6) is 0.450. The summed E-state index contributed by atoms with van der Waals surface area (Å²) in [6.07, 6.45) is 1.76. The summed E-state index contributed by atoms with van der Waals surface area (Å²) in [7, 11) is 0. The molecule has 0 atom stereocenters. The van der Waals surface area contributed by atoms with E-state index in [-0.39, 0.29) is 0 Å². The van der Waals surface area contributed by atoms with Crippen molar-refractivity contribution in [3.8, 4) is 0 Å². The largest absolute Gasteiger partial charge is 0.249 e. The van der Waals surface area contributed by atoms with E-state index in [1.165, 1.54) is 0 Å². The third-order valence-corrected chi connectivity index (χ3v) is 0.610. The molecule has 0 N–H and O–H groups in total. The lowest BCUT2D eigenvalue weighted by molar-refractivity contribution is 0.906. The van der Waals surface area contributed by atoms with Gasteiger partial charge < -0.3 is 0 Å². The number of aliphatic imine (C=N–C) groups is 1. The Morgan fingerprint density at radius 3 is 2.38 bits per heavy atom. The van der Waals surface area contributed by atoms with E-state index in [9.17, 15) is 0 Å². The fourth-order valence-electron chi connectivity index (χ4n) is 0.230. The van der Waals surface area contributed by atoms with Crippen molar-refractivity contribution in [1.29, 1.82) is 0 Å². The average Bonchev–Trinajstić information content (AvgIpc) is 1.61. The fraction of sp³-hybridized carbons (Fsp3) is 0.500. The minimum atomic E-state index is 0.346. The van der Waals surface area contributed by atoms with Crippen molar-refractivity contribution < 1.29 is 0 Å². The monoisotopic (exact) mass is 131 g/mol. The Balaban J connectivity index is 3.50. The van der Waals surface area contributed by atoms with Crippen LogP contribution in [-0.4, -0.2) is 6.21 Å². The van der Waals surface area contributed by atoms with Gasteiger partial charge in [-0.3, -0.25) is 0 Å². The first-order valence-corrected chi connectivity index (χ1v) is 2.89. The molecular weight excluding hydrogens is 122 g/mol. The first kappa shape index (κ1) is 7.70. The van der Waals surface area contributed by atoms with Gasteiger partial charge in [0.25, 0.3) is 0 Å². The minimum Gasteiger partial charge on any atom is -0.249 e. The van der Waals surface area contributed by atoms with Gasteiger partial charge in [0, 0.05) is 6.21 Å². The van der Waals surface area contributed by atoms with E-state index < -0.39 is 0 Å². The molecule has 0 aliphatic rings. The highest BCUT2D eigenvalue weighted by atomic mass is 35.5. The number of halogens is 1. The highest BCUT2D eigenvalue weighted by Gasteiger charge is 1.83. The number of rotatable bonds is 2. The minimum absolute atomic E-state index is 0.346. The van der Waals surface area contributed by atoms with Gasteiger partial charge >= 0.3 is 0 Å². The number of hydrogen-bond donors (Lipinski definition) is 0. The second kappa shape index (κ2) is 3.67. The van der Waals surface area contributed by atoms with Gasteiger partial charge in [-0.05, 0) is 5.92 Å². The van der Waals surface area contributed by atoms with Crippen molar-refractivity contribution in [3.05, 3.63) is 11.7 Å². The van der Waals surface area contributed by atoms with E-state index in [2.05, 4.69) is 11.6 Å². The van der Waals surface area contributed by atoms with Crippen LogP contribution in [-0.2, 0) is 0 Å². The number of hydrogen-bond acceptors (Lipinski definition) is 1. The van der Waals surface area contributed by atoms with E-state index >= 15 is 0 Å². The summed E-state index contributed by atoms with van der Waals surface area (Å²) < 4.78 is 0. The molecule has 0 spiro atoms. The Kier molecular flexibility index (Phi) is 3.53. The van der Waals surface area contributed by atoms with Crippen LogP contribution < -0.4 is 0 Å². The molecule has 0 radical (unpaired) electrons. The van der Waals surface area contributed by atoms with Crippen LogP contribution in [0, 0.1) is 5.92 Å². The average molecular weight is 132 g/mol. The second-order valence-corrected chi connectivity index (χ2v) is 2.33. The predicted molar refractivity (Wildman–Crippen MR) is 38.3 cm³/mol. The molecule has 0 rings (SSSR count). The molecular formula is C6H10ClN. The van der Waals surface area contributed by atoms with Crippen LogP contribution in [0.3, 0.4) is 0 Å². The zero-order valence-electron chi connectivity index (χ0n) is 5.19. The maximum Gasteiger partial charge on any atom is 0.121 e. The van der Waals surface area contributed by atoms with Gasteiger partial charge in [0.1, 0.15) is 5.16 Å². The first-order valence-electron chi connectivity index (χ1n) is 2.51. The molecule has 0 saturated heterocycles.